The van der Waals surface area contributed by atoms with Gasteiger partial charge in [0.25, 0.3) is 5.91 Å². The Balaban J connectivity index is 1.70. The number of amides is 2. The van der Waals surface area contributed by atoms with Crippen LogP contribution in [0, 0.1) is 11.8 Å². The Bertz CT molecular complexity index is 697. The fourth-order valence-electron chi connectivity index (χ4n) is 4.25. The summed E-state index contributed by atoms with van der Waals surface area (Å²) in [5.74, 6) is -3.09. The largest absolute Gasteiger partial charge is 0.550 e. The van der Waals surface area contributed by atoms with Crippen LogP contribution in [0.1, 0.15) is 68.1 Å². The zero-order valence-electron chi connectivity index (χ0n) is 15.5. The summed E-state index contributed by atoms with van der Waals surface area (Å²) in [5.41, 5.74) is 0.843. The van der Waals surface area contributed by atoms with Crippen LogP contribution < -0.4 is 15.7 Å². The van der Waals surface area contributed by atoms with Crippen LogP contribution in [0.4, 0.5) is 5.69 Å². The number of anilines is 1. The van der Waals surface area contributed by atoms with Gasteiger partial charge in [0.15, 0.2) is 0 Å². The first-order chi connectivity index (χ1) is 13.1. The lowest BCUT2D eigenvalue weighted by Gasteiger charge is -2.31. The van der Waals surface area contributed by atoms with Crippen molar-refractivity contribution in [3.8, 4) is 0 Å². The highest BCUT2D eigenvalue weighted by Gasteiger charge is 2.32. The summed E-state index contributed by atoms with van der Waals surface area (Å²) in [4.78, 5) is 36.8. The van der Waals surface area contributed by atoms with Crippen molar-refractivity contribution in [3.63, 3.8) is 0 Å². The summed E-state index contributed by atoms with van der Waals surface area (Å²) >= 11 is 0. The van der Waals surface area contributed by atoms with E-state index < -0.39 is 17.8 Å². The number of carboxylic acids is 1. The van der Waals surface area contributed by atoms with Crippen molar-refractivity contribution in [3.05, 3.63) is 29.8 Å². The van der Waals surface area contributed by atoms with E-state index in [2.05, 4.69) is 10.6 Å². The molecule has 2 atom stereocenters. The molecule has 2 N–H and O–H groups in total. The van der Waals surface area contributed by atoms with Gasteiger partial charge in [0.1, 0.15) is 0 Å². The van der Waals surface area contributed by atoms with Gasteiger partial charge in [0.05, 0.1) is 11.3 Å². The van der Waals surface area contributed by atoms with Gasteiger partial charge in [0, 0.05) is 23.8 Å². The van der Waals surface area contributed by atoms with Gasteiger partial charge in [-0.2, -0.15) is 0 Å². The van der Waals surface area contributed by atoms with Crippen LogP contribution in [-0.2, 0) is 9.59 Å². The molecular formula is C21H27N2O4-. The number of nitrogens with one attached hydrogen (secondary N) is 2. The fourth-order valence-corrected chi connectivity index (χ4v) is 4.25. The van der Waals surface area contributed by atoms with Crippen molar-refractivity contribution >= 4 is 23.5 Å². The smallest absolute Gasteiger partial charge is 0.253 e. The molecule has 0 unspecified atom stereocenters. The van der Waals surface area contributed by atoms with Gasteiger partial charge < -0.3 is 20.5 Å². The highest BCUT2D eigenvalue weighted by molar-refractivity contribution is 6.04. The first kappa shape index (κ1) is 19.4. The van der Waals surface area contributed by atoms with Gasteiger partial charge in [-0.25, -0.2) is 0 Å². The van der Waals surface area contributed by atoms with E-state index >= 15 is 0 Å². The molecule has 2 amide bonds. The molecule has 2 fully saturated rings. The summed E-state index contributed by atoms with van der Waals surface area (Å²) in [6.45, 7) is 0. The molecule has 1 aromatic rings. The van der Waals surface area contributed by atoms with Crippen molar-refractivity contribution in [1.29, 1.82) is 0 Å². The molecule has 6 heteroatoms. The van der Waals surface area contributed by atoms with E-state index in [4.69, 9.17) is 0 Å². The number of carbonyl (C=O) groups is 3. The monoisotopic (exact) mass is 371 g/mol. The first-order valence-electron chi connectivity index (χ1n) is 9.98. The van der Waals surface area contributed by atoms with Gasteiger partial charge in [-0.15, -0.1) is 0 Å². The lowest BCUT2D eigenvalue weighted by Crippen LogP contribution is -2.42. The molecule has 0 spiro atoms. The molecule has 2 saturated carbocycles. The lowest BCUT2D eigenvalue weighted by atomic mass is 9.78. The Morgan fingerprint density at radius 3 is 2.19 bits per heavy atom. The first-order valence-corrected chi connectivity index (χ1v) is 9.98. The predicted molar refractivity (Wildman–Crippen MR) is 99.9 cm³/mol. The van der Waals surface area contributed by atoms with Gasteiger partial charge in [0.2, 0.25) is 5.91 Å². The van der Waals surface area contributed by atoms with E-state index in [1.165, 1.54) is 6.42 Å². The van der Waals surface area contributed by atoms with E-state index in [9.17, 15) is 19.5 Å². The highest BCUT2D eigenvalue weighted by Crippen LogP contribution is 2.31. The third kappa shape index (κ3) is 4.87. The molecule has 0 heterocycles. The van der Waals surface area contributed by atoms with Crippen LogP contribution in [-0.4, -0.2) is 23.8 Å². The van der Waals surface area contributed by atoms with Crippen LogP contribution in [0.15, 0.2) is 24.3 Å². The number of hydrogen-bond donors (Lipinski definition) is 2. The molecule has 0 aliphatic heterocycles. The normalized spacial score (nSPS) is 23.4. The number of para-hydroxylation sites is 1. The average molecular weight is 371 g/mol. The fraction of sp³-hybridized carbons (Fsp3) is 0.571. The minimum absolute atomic E-state index is 0.177. The van der Waals surface area contributed by atoms with E-state index in [0.717, 1.165) is 38.5 Å². The summed E-state index contributed by atoms with van der Waals surface area (Å²) < 4.78 is 0. The second kappa shape index (κ2) is 9.02. The van der Waals surface area contributed by atoms with Crippen LogP contribution in [0.5, 0.6) is 0 Å². The molecule has 0 saturated heterocycles. The second-order valence-corrected chi connectivity index (χ2v) is 7.66. The second-order valence-electron chi connectivity index (χ2n) is 7.66. The number of benzene rings is 1. The lowest BCUT2D eigenvalue weighted by molar-refractivity contribution is -0.313. The third-order valence-electron chi connectivity index (χ3n) is 5.78. The summed E-state index contributed by atoms with van der Waals surface area (Å²) in [6.07, 6.45) is 8.02. The Labute approximate surface area is 159 Å². The summed E-state index contributed by atoms with van der Waals surface area (Å²) in [6, 6.07) is 7.06. The van der Waals surface area contributed by atoms with E-state index in [0.29, 0.717) is 24.1 Å². The number of carbonyl (C=O) groups excluding carboxylic acids is 3. The van der Waals surface area contributed by atoms with E-state index in [1.807, 2.05) is 0 Å². The Morgan fingerprint density at radius 1 is 0.852 bits per heavy atom. The molecule has 1 aromatic carbocycles. The van der Waals surface area contributed by atoms with Crippen molar-refractivity contribution in [1.82, 2.24) is 5.32 Å². The van der Waals surface area contributed by atoms with E-state index in [1.54, 1.807) is 24.3 Å². The van der Waals surface area contributed by atoms with Crippen molar-refractivity contribution in [2.45, 2.75) is 63.8 Å². The summed E-state index contributed by atoms with van der Waals surface area (Å²) in [7, 11) is 0. The molecule has 0 aromatic heterocycles. The molecule has 0 radical (unpaired) electrons. The van der Waals surface area contributed by atoms with Gasteiger partial charge in [-0.3, -0.25) is 9.59 Å². The van der Waals surface area contributed by atoms with Crippen molar-refractivity contribution < 1.29 is 19.5 Å². The molecule has 2 aliphatic rings. The van der Waals surface area contributed by atoms with E-state index in [-0.39, 0.29) is 17.9 Å². The van der Waals surface area contributed by atoms with Crippen LogP contribution in [0.3, 0.4) is 0 Å². The van der Waals surface area contributed by atoms with Crippen LogP contribution in [0.25, 0.3) is 0 Å². The maximum atomic E-state index is 12.7. The molecule has 0 bridgehead atoms. The SMILES string of the molecule is O=C(NC1CCCCC1)c1ccccc1NC(=O)[C@@H]1CCCC[C@H]1C(=O)[O-]. The van der Waals surface area contributed by atoms with Crippen LogP contribution >= 0.6 is 0 Å². The maximum Gasteiger partial charge on any atom is 0.253 e. The van der Waals surface area contributed by atoms with Crippen LogP contribution in [0.2, 0.25) is 0 Å². The predicted octanol–water partition coefficient (Wildman–Crippen LogP) is 2.24. The molecule has 27 heavy (non-hydrogen) atoms. The van der Waals surface area contributed by atoms with Gasteiger partial charge >= 0.3 is 0 Å². The third-order valence-corrected chi connectivity index (χ3v) is 5.78. The molecule has 2 aliphatic carbocycles. The number of aliphatic carboxylic acids is 1. The van der Waals surface area contributed by atoms with Gasteiger partial charge in [-0.1, -0.05) is 44.2 Å². The standard InChI is InChI=1S/C21H28N2O4/c24-19(15-10-4-5-11-16(15)21(26)27)23-18-13-7-6-12-17(18)20(25)22-14-8-2-1-3-9-14/h6-7,12-16H,1-5,8-11H2,(H,22,25)(H,23,24)(H,26,27)/p-1/t15-,16-/m1/s1. The quantitative estimate of drug-likeness (QED) is 0.829. The number of hydrogen-bond acceptors (Lipinski definition) is 4. The topological polar surface area (TPSA) is 98.3 Å². The minimum atomic E-state index is -1.17. The zero-order valence-corrected chi connectivity index (χ0v) is 15.5. The molecular weight excluding hydrogens is 344 g/mol. The summed E-state index contributed by atoms with van der Waals surface area (Å²) in [5, 5.41) is 17.2. The van der Waals surface area contributed by atoms with Crippen molar-refractivity contribution in [2.24, 2.45) is 11.8 Å². The maximum absolute atomic E-state index is 12.7. The minimum Gasteiger partial charge on any atom is -0.550 e. The Hall–Kier alpha value is -2.37. The molecule has 146 valence electrons. The number of rotatable bonds is 5. The zero-order chi connectivity index (χ0) is 19.2. The highest BCUT2D eigenvalue weighted by atomic mass is 16.4. The molecule has 6 nitrogen and oxygen atoms in total. The van der Waals surface area contributed by atoms with Crippen molar-refractivity contribution in [2.75, 3.05) is 5.32 Å². The molecule has 3 rings (SSSR count). The average Bonchev–Trinajstić information content (AvgIpc) is 2.69. The Kier molecular flexibility index (Phi) is 6.48. The number of carboxylic acid groups (broad SMARTS) is 1. The Morgan fingerprint density at radius 2 is 1.48 bits per heavy atom. The van der Waals surface area contributed by atoms with Gasteiger partial charge in [-0.05, 0) is 37.8 Å².